The summed E-state index contributed by atoms with van der Waals surface area (Å²) >= 11 is 0. The van der Waals surface area contributed by atoms with E-state index in [1.54, 1.807) is 35.2 Å². The molecular formula is C20H17F3N4O2. The number of piperazine rings is 1. The molecule has 1 saturated heterocycles. The zero-order chi connectivity index (χ0) is 20.6. The lowest BCUT2D eigenvalue weighted by Crippen LogP contribution is -2.49. The Bertz CT molecular complexity index is 1120. The highest BCUT2D eigenvalue weighted by Crippen LogP contribution is 2.32. The number of hydrogen-bond acceptors (Lipinski definition) is 4. The first-order chi connectivity index (χ1) is 13.8. The SMILES string of the molecule is O=C(c1n[nH]c(=O)c2ccccc12)N1CCN(c2cccc(C(F)(F)F)c2)CC1. The lowest BCUT2D eigenvalue weighted by atomic mass is 10.1. The van der Waals surface area contributed by atoms with E-state index in [0.29, 0.717) is 42.6 Å². The second-order valence-electron chi connectivity index (χ2n) is 6.77. The Hall–Kier alpha value is -3.36. The number of nitrogens with zero attached hydrogens (tertiary/aromatic N) is 3. The Balaban J connectivity index is 1.52. The van der Waals surface area contributed by atoms with Gasteiger partial charge in [0.05, 0.1) is 10.9 Å². The van der Waals surface area contributed by atoms with Gasteiger partial charge >= 0.3 is 6.18 Å². The first kappa shape index (κ1) is 19.0. The number of anilines is 1. The van der Waals surface area contributed by atoms with Crippen LogP contribution in [0.3, 0.4) is 0 Å². The Labute approximate surface area is 163 Å². The van der Waals surface area contributed by atoms with Crippen LogP contribution in [0.15, 0.2) is 53.3 Å². The number of alkyl halides is 3. The Morgan fingerprint density at radius 2 is 1.66 bits per heavy atom. The fourth-order valence-electron chi connectivity index (χ4n) is 3.47. The van der Waals surface area contributed by atoms with Gasteiger partial charge in [-0.05, 0) is 24.3 Å². The van der Waals surface area contributed by atoms with Gasteiger partial charge in [-0.2, -0.15) is 18.3 Å². The van der Waals surface area contributed by atoms with E-state index < -0.39 is 11.7 Å². The summed E-state index contributed by atoms with van der Waals surface area (Å²) in [5.41, 5.74) is -0.434. The third-order valence-corrected chi connectivity index (χ3v) is 5.00. The lowest BCUT2D eigenvalue weighted by Gasteiger charge is -2.36. The number of carbonyl (C=O) groups is 1. The van der Waals surface area contributed by atoms with Gasteiger partial charge in [0.1, 0.15) is 0 Å². The van der Waals surface area contributed by atoms with E-state index in [0.717, 1.165) is 12.1 Å². The van der Waals surface area contributed by atoms with E-state index in [1.165, 1.54) is 6.07 Å². The first-order valence-electron chi connectivity index (χ1n) is 9.03. The molecule has 2 aromatic carbocycles. The van der Waals surface area contributed by atoms with Crippen LogP contribution in [-0.4, -0.2) is 47.2 Å². The number of aromatic nitrogens is 2. The minimum Gasteiger partial charge on any atom is -0.368 e. The quantitative estimate of drug-likeness (QED) is 0.716. The molecule has 1 aliphatic rings. The third kappa shape index (κ3) is 3.67. The minimum atomic E-state index is -4.40. The van der Waals surface area contributed by atoms with Crippen molar-refractivity contribution in [1.29, 1.82) is 0 Å². The lowest BCUT2D eigenvalue weighted by molar-refractivity contribution is -0.137. The molecule has 1 aromatic heterocycles. The number of hydrogen-bond donors (Lipinski definition) is 1. The van der Waals surface area contributed by atoms with Crippen molar-refractivity contribution in [3.8, 4) is 0 Å². The van der Waals surface area contributed by atoms with Gasteiger partial charge in [0, 0.05) is 37.3 Å². The van der Waals surface area contributed by atoms with Gasteiger partial charge in [-0.1, -0.05) is 24.3 Å². The van der Waals surface area contributed by atoms with Crippen molar-refractivity contribution in [2.75, 3.05) is 31.1 Å². The molecule has 29 heavy (non-hydrogen) atoms. The van der Waals surface area contributed by atoms with Crippen molar-refractivity contribution < 1.29 is 18.0 Å². The molecule has 0 unspecified atom stereocenters. The van der Waals surface area contributed by atoms with Crippen LogP contribution in [0.25, 0.3) is 10.8 Å². The van der Waals surface area contributed by atoms with Crippen molar-refractivity contribution >= 4 is 22.4 Å². The van der Waals surface area contributed by atoms with E-state index in [9.17, 15) is 22.8 Å². The molecule has 1 N–H and O–H groups in total. The monoisotopic (exact) mass is 402 g/mol. The van der Waals surface area contributed by atoms with Gasteiger partial charge in [-0.15, -0.1) is 0 Å². The molecule has 9 heteroatoms. The summed E-state index contributed by atoms with van der Waals surface area (Å²) in [6.07, 6.45) is -4.40. The molecule has 1 amide bonds. The summed E-state index contributed by atoms with van der Waals surface area (Å²) in [6, 6.07) is 11.9. The van der Waals surface area contributed by atoms with Crippen LogP contribution in [0.2, 0.25) is 0 Å². The largest absolute Gasteiger partial charge is 0.416 e. The topological polar surface area (TPSA) is 69.3 Å². The molecule has 0 spiro atoms. The van der Waals surface area contributed by atoms with Crippen molar-refractivity contribution in [3.05, 3.63) is 70.1 Å². The minimum absolute atomic E-state index is 0.160. The number of benzene rings is 2. The van der Waals surface area contributed by atoms with Crippen LogP contribution < -0.4 is 10.5 Å². The number of nitrogens with one attached hydrogen (secondary N) is 1. The number of H-pyrrole nitrogens is 1. The van der Waals surface area contributed by atoms with Crippen molar-refractivity contribution in [2.45, 2.75) is 6.18 Å². The van der Waals surface area contributed by atoms with Crippen LogP contribution in [0.1, 0.15) is 16.1 Å². The Morgan fingerprint density at radius 1 is 0.966 bits per heavy atom. The fraction of sp³-hybridized carbons (Fsp3) is 0.250. The maximum Gasteiger partial charge on any atom is 0.416 e. The van der Waals surface area contributed by atoms with E-state index in [4.69, 9.17) is 0 Å². The zero-order valence-electron chi connectivity index (χ0n) is 15.2. The van der Waals surface area contributed by atoms with E-state index in [1.807, 2.05) is 4.90 Å². The standard InChI is InChI=1S/C20H17F3N4O2/c21-20(22,23)13-4-3-5-14(12-13)26-8-10-27(11-9-26)19(29)17-15-6-1-2-7-16(15)18(28)25-24-17/h1-7,12H,8-11H2,(H,25,28). The van der Waals surface area contributed by atoms with E-state index in [2.05, 4.69) is 10.2 Å². The molecule has 2 heterocycles. The molecule has 0 aliphatic carbocycles. The van der Waals surface area contributed by atoms with Gasteiger partial charge in [-0.25, -0.2) is 5.10 Å². The number of carbonyl (C=O) groups excluding carboxylic acids is 1. The third-order valence-electron chi connectivity index (χ3n) is 5.00. The summed E-state index contributed by atoms with van der Waals surface area (Å²) in [4.78, 5) is 28.2. The van der Waals surface area contributed by atoms with Gasteiger partial charge in [-0.3, -0.25) is 9.59 Å². The normalized spacial score (nSPS) is 15.0. The van der Waals surface area contributed by atoms with Gasteiger partial charge in [0.25, 0.3) is 11.5 Å². The van der Waals surface area contributed by atoms with Gasteiger partial charge in [0.2, 0.25) is 0 Å². The highest BCUT2D eigenvalue weighted by Gasteiger charge is 2.31. The number of rotatable bonds is 2. The maximum atomic E-state index is 12.9. The molecule has 3 aromatic rings. The molecule has 4 rings (SSSR count). The Kier molecular flexibility index (Phi) is 4.73. The number of amides is 1. The van der Waals surface area contributed by atoms with Crippen LogP contribution >= 0.6 is 0 Å². The first-order valence-corrected chi connectivity index (χ1v) is 9.03. The zero-order valence-corrected chi connectivity index (χ0v) is 15.2. The predicted molar refractivity (Wildman–Crippen MR) is 102 cm³/mol. The van der Waals surface area contributed by atoms with Crippen LogP contribution in [0, 0.1) is 0 Å². The van der Waals surface area contributed by atoms with Crippen molar-refractivity contribution in [2.24, 2.45) is 0 Å². The van der Waals surface area contributed by atoms with Crippen LogP contribution in [0.4, 0.5) is 18.9 Å². The number of fused-ring (bicyclic) bond motifs is 1. The molecule has 0 bridgehead atoms. The molecule has 150 valence electrons. The Morgan fingerprint density at radius 3 is 2.34 bits per heavy atom. The van der Waals surface area contributed by atoms with Crippen LogP contribution in [0.5, 0.6) is 0 Å². The summed E-state index contributed by atoms with van der Waals surface area (Å²) in [7, 11) is 0. The molecule has 6 nitrogen and oxygen atoms in total. The van der Waals surface area contributed by atoms with E-state index >= 15 is 0 Å². The molecule has 1 aliphatic heterocycles. The maximum absolute atomic E-state index is 12.9. The summed E-state index contributed by atoms with van der Waals surface area (Å²) in [5.74, 6) is -0.318. The molecule has 0 atom stereocenters. The van der Waals surface area contributed by atoms with Gasteiger partial charge < -0.3 is 9.80 Å². The average molecular weight is 402 g/mol. The smallest absolute Gasteiger partial charge is 0.368 e. The van der Waals surface area contributed by atoms with E-state index in [-0.39, 0.29) is 17.2 Å². The second-order valence-corrected chi connectivity index (χ2v) is 6.77. The average Bonchev–Trinajstić information content (AvgIpc) is 2.73. The molecule has 0 radical (unpaired) electrons. The number of aromatic amines is 1. The van der Waals surface area contributed by atoms with Crippen molar-refractivity contribution in [1.82, 2.24) is 15.1 Å². The highest BCUT2D eigenvalue weighted by molar-refractivity contribution is 6.04. The summed E-state index contributed by atoms with van der Waals surface area (Å²) in [5, 5.41) is 7.13. The van der Waals surface area contributed by atoms with Gasteiger partial charge in [0.15, 0.2) is 5.69 Å². The highest BCUT2D eigenvalue weighted by atomic mass is 19.4. The molecular weight excluding hydrogens is 385 g/mol. The van der Waals surface area contributed by atoms with Crippen molar-refractivity contribution in [3.63, 3.8) is 0 Å². The molecule has 0 saturated carbocycles. The predicted octanol–water partition coefficient (Wildman–Crippen LogP) is 2.90. The fourth-order valence-corrected chi connectivity index (χ4v) is 3.47. The van der Waals surface area contributed by atoms with Crippen LogP contribution in [-0.2, 0) is 6.18 Å². The summed E-state index contributed by atoms with van der Waals surface area (Å²) in [6.45, 7) is 1.47. The summed E-state index contributed by atoms with van der Waals surface area (Å²) < 4.78 is 38.8. The number of halogens is 3. The second kappa shape index (κ2) is 7.23. The molecule has 1 fully saturated rings.